The molecule has 2 aliphatic rings. The number of morpholine rings is 1. The average molecular weight is 297 g/mol. The normalized spacial score (nSPS) is 25.6. The van der Waals surface area contributed by atoms with Crippen LogP contribution in [0.2, 0.25) is 0 Å². The summed E-state index contributed by atoms with van der Waals surface area (Å²) in [4.78, 5) is 5.06. The van der Waals surface area contributed by atoms with Crippen molar-refractivity contribution in [3.05, 3.63) is 0 Å². The second-order valence-corrected chi connectivity index (χ2v) is 6.72. The van der Waals surface area contributed by atoms with Gasteiger partial charge in [0.05, 0.1) is 12.7 Å². The zero-order valence-electron chi connectivity index (χ0n) is 14.1. The molecule has 4 nitrogen and oxygen atoms in total. The first kappa shape index (κ1) is 17.2. The van der Waals surface area contributed by atoms with Gasteiger partial charge in [0.15, 0.2) is 0 Å². The Morgan fingerprint density at radius 2 is 2.05 bits per heavy atom. The lowest BCUT2D eigenvalue weighted by Gasteiger charge is -2.32. The summed E-state index contributed by atoms with van der Waals surface area (Å²) in [7, 11) is 2.30. The fourth-order valence-electron chi connectivity index (χ4n) is 3.61. The van der Waals surface area contributed by atoms with Gasteiger partial charge >= 0.3 is 0 Å². The number of hydrogen-bond donors (Lipinski definition) is 1. The quantitative estimate of drug-likeness (QED) is 0.693. The van der Waals surface area contributed by atoms with E-state index >= 15 is 0 Å². The van der Waals surface area contributed by atoms with E-state index in [-0.39, 0.29) is 0 Å². The Hall–Kier alpha value is -0.160. The Morgan fingerprint density at radius 1 is 1.24 bits per heavy atom. The molecule has 0 aromatic carbocycles. The molecule has 0 spiro atoms. The second-order valence-electron chi connectivity index (χ2n) is 6.72. The molecular weight excluding hydrogens is 262 g/mol. The van der Waals surface area contributed by atoms with Crippen LogP contribution in [0.1, 0.15) is 45.4 Å². The molecule has 0 bridgehead atoms. The molecule has 0 radical (unpaired) electrons. The van der Waals surface area contributed by atoms with Gasteiger partial charge in [0.1, 0.15) is 0 Å². The highest BCUT2D eigenvalue weighted by Gasteiger charge is 2.19. The van der Waals surface area contributed by atoms with Crippen LogP contribution in [0.4, 0.5) is 0 Å². The highest BCUT2D eigenvalue weighted by Crippen LogP contribution is 2.21. The maximum atomic E-state index is 5.82. The van der Waals surface area contributed by atoms with Crippen LogP contribution in [0.3, 0.4) is 0 Å². The van der Waals surface area contributed by atoms with Crippen molar-refractivity contribution in [2.45, 2.75) is 57.6 Å². The number of ether oxygens (including phenoxy) is 1. The summed E-state index contributed by atoms with van der Waals surface area (Å²) in [6, 6.07) is 0.846. The summed E-state index contributed by atoms with van der Waals surface area (Å²) < 4.78 is 5.82. The van der Waals surface area contributed by atoms with Gasteiger partial charge in [0.2, 0.25) is 0 Å². The lowest BCUT2D eigenvalue weighted by atomic mass is 9.94. The molecule has 1 saturated heterocycles. The molecule has 1 aliphatic carbocycles. The van der Waals surface area contributed by atoms with Gasteiger partial charge in [-0.1, -0.05) is 26.2 Å². The standard InChI is InChI=1S/C17H35N3O/c1-3-20-12-13-21-17(15-20)14-18-10-7-11-19(2)16-8-5-4-6-9-16/h16-18H,3-15H2,1-2H3. The minimum absolute atomic E-state index is 0.384. The lowest BCUT2D eigenvalue weighted by Crippen LogP contribution is -2.46. The van der Waals surface area contributed by atoms with Gasteiger partial charge in [-0.2, -0.15) is 0 Å². The summed E-state index contributed by atoms with van der Waals surface area (Å²) in [5.41, 5.74) is 0. The lowest BCUT2D eigenvalue weighted by molar-refractivity contribution is -0.0252. The van der Waals surface area contributed by atoms with Gasteiger partial charge in [-0.15, -0.1) is 0 Å². The van der Waals surface area contributed by atoms with Gasteiger partial charge in [-0.3, -0.25) is 4.90 Å². The Kier molecular flexibility index (Phi) is 8.01. The van der Waals surface area contributed by atoms with Crippen LogP contribution in [0, 0.1) is 0 Å². The minimum Gasteiger partial charge on any atom is -0.374 e. The first-order chi connectivity index (χ1) is 10.3. The predicted octanol–water partition coefficient (Wildman–Crippen LogP) is 1.95. The van der Waals surface area contributed by atoms with E-state index in [1.165, 1.54) is 45.1 Å². The molecular formula is C17H35N3O. The Bertz CT molecular complexity index is 265. The van der Waals surface area contributed by atoms with Crippen molar-refractivity contribution in [1.82, 2.24) is 15.1 Å². The van der Waals surface area contributed by atoms with E-state index in [1.54, 1.807) is 0 Å². The predicted molar refractivity (Wildman–Crippen MR) is 88.8 cm³/mol. The van der Waals surface area contributed by atoms with Gasteiger partial charge in [0, 0.05) is 25.7 Å². The van der Waals surface area contributed by atoms with Crippen LogP contribution < -0.4 is 5.32 Å². The Labute approximate surface area is 131 Å². The van der Waals surface area contributed by atoms with Crippen molar-refractivity contribution >= 4 is 0 Å². The molecule has 2 fully saturated rings. The monoisotopic (exact) mass is 297 g/mol. The van der Waals surface area contributed by atoms with E-state index in [1.807, 2.05) is 0 Å². The summed E-state index contributed by atoms with van der Waals surface area (Å²) in [5.74, 6) is 0. The van der Waals surface area contributed by atoms with E-state index in [0.717, 1.165) is 45.4 Å². The van der Waals surface area contributed by atoms with E-state index in [9.17, 15) is 0 Å². The second kappa shape index (κ2) is 9.78. The highest BCUT2D eigenvalue weighted by atomic mass is 16.5. The van der Waals surface area contributed by atoms with Crippen LogP contribution in [-0.4, -0.2) is 74.9 Å². The number of nitrogens with zero attached hydrogens (tertiary/aromatic N) is 2. The van der Waals surface area contributed by atoms with Crippen molar-refractivity contribution in [3.8, 4) is 0 Å². The van der Waals surface area contributed by atoms with Gasteiger partial charge in [0.25, 0.3) is 0 Å². The Morgan fingerprint density at radius 3 is 2.81 bits per heavy atom. The van der Waals surface area contributed by atoms with Crippen molar-refractivity contribution in [2.75, 3.05) is 52.9 Å². The smallest absolute Gasteiger partial charge is 0.0826 e. The van der Waals surface area contributed by atoms with Gasteiger partial charge < -0.3 is 15.0 Å². The van der Waals surface area contributed by atoms with Crippen LogP contribution in [0.5, 0.6) is 0 Å². The maximum Gasteiger partial charge on any atom is 0.0826 e. The molecule has 4 heteroatoms. The molecule has 21 heavy (non-hydrogen) atoms. The Balaban J connectivity index is 1.49. The van der Waals surface area contributed by atoms with Crippen LogP contribution >= 0.6 is 0 Å². The first-order valence-corrected chi connectivity index (χ1v) is 9.04. The molecule has 0 amide bonds. The third-order valence-electron chi connectivity index (χ3n) is 5.10. The zero-order chi connectivity index (χ0) is 14.9. The van der Waals surface area contributed by atoms with Gasteiger partial charge in [-0.25, -0.2) is 0 Å². The van der Waals surface area contributed by atoms with Crippen LogP contribution in [-0.2, 0) is 4.74 Å². The van der Waals surface area contributed by atoms with Crippen LogP contribution in [0.15, 0.2) is 0 Å². The highest BCUT2D eigenvalue weighted by molar-refractivity contribution is 4.75. The summed E-state index contributed by atoms with van der Waals surface area (Å²) >= 11 is 0. The van der Waals surface area contributed by atoms with Crippen molar-refractivity contribution in [2.24, 2.45) is 0 Å². The van der Waals surface area contributed by atoms with Crippen molar-refractivity contribution in [3.63, 3.8) is 0 Å². The number of rotatable bonds is 8. The molecule has 1 heterocycles. The molecule has 1 saturated carbocycles. The maximum absolute atomic E-state index is 5.82. The molecule has 2 rings (SSSR count). The average Bonchev–Trinajstić information content (AvgIpc) is 2.55. The zero-order valence-corrected chi connectivity index (χ0v) is 14.1. The van der Waals surface area contributed by atoms with E-state index in [4.69, 9.17) is 4.74 Å². The molecule has 0 aromatic rings. The number of hydrogen-bond acceptors (Lipinski definition) is 4. The van der Waals surface area contributed by atoms with Gasteiger partial charge in [-0.05, 0) is 45.9 Å². The third-order valence-corrected chi connectivity index (χ3v) is 5.10. The molecule has 1 aliphatic heterocycles. The van der Waals surface area contributed by atoms with E-state index in [2.05, 4.69) is 29.1 Å². The SMILES string of the molecule is CCN1CCOC(CNCCCN(C)C2CCCCC2)C1. The van der Waals surface area contributed by atoms with E-state index < -0.39 is 0 Å². The molecule has 1 N–H and O–H groups in total. The number of nitrogens with one attached hydrogen (secondary N) is 1. The van der Waals surface area contributed by atoms with Crippen molar-refractivity contribution in [1.29, 1.82) is 0 Å². The topological polar surface area (TPSA) is 27.7 Å². The summed E-state index contributed by atoms with van der Waals surface area (Å²) in [6.07, 6.45) is 8.76. The molecule has 1 unspecified atom stereocenters. The van der Waals surface area contributed by atoms with E-state index in [0.29, 0.717) is 6.10 Å². The first-order valence-electron chi connectivity index (χ1n) is 9.04. The molecule has 124 valence electrons. The fraction of sp³-hybridized carbons (Fsp3) is 1.00. The largest absolute Gasteiger partial charge is 0.374 e. The fourth-order valence-corrected chi connectivity index (χ4v) is 3.61. The summed E-state index contributed by atoms with van der Waals surface area (Å²) in [6.45, 7) is 9.80. The summed E-state index contributed by atoms with van der Waals surface area (Å²) in [5, 5.41) is 3.58. The van der Waals surface area contributed by atoms with Crippen molar-refractivity contribution < 1.29 is 4.74 Å². The molecule has 1 atom stereocenters. The minimum atomic E-state index is 0.384. The molecule has 0 aromatic heterocycles. The third kappa shape index (κ3) is 6.23. The number of likely N-dealkylation sites (N-methyl/N-ethyl adjacent to an activating group) is 1. The van der Waals surface area contributed by atoms with Crippen LogP contribution in [0.25, 0.3) is 0 Å².